The van der Waals surface area contributed by atoms with Gasteiger partial charge in [0.15, 0.2) is 0 Å². The van der Waals surface area contributed by atoms with Gasteiger partial charge in [-0.15, -0.1) is 0 Å². The predicted molar refractivity (Wildman–Crippen MR) is 52.0 cm³/mol. The number of rotatable bonds is 0. The van der Waals surface area contributed by atoms with E-state index in [1.54, 1.807) is 0 Å². The van der Waals surface area contributed by atoms with E-state index in [-0.39, 0.29) is 0 Å². The molecule has 3 heteroatoms. The highest BCUT2D eigenvalue weighted by atomic mass is 79.9. The van der Waals surface area contributed by atoms with Gasteiger partial charge in [-0.1, -0.05) is 15.9 Å². The van der Waals surface area contributed by atoms with Gasteiger partial charge in [0.1, 0.15) is 6.67 Å². The Bertz CT molecular complexity index is 411. The molecular weight excluding hydrogens is 216 g/mol. The van der Waals surface area contributed by atoms with Gasteiger partial charge in [-0.2, -0.15) is 0 Å². The van der Waals surface area contributed by atoms with Crippen molar-refractivity contribution in [3.05, 3.63) is 33.2 Å². The summed E-state index contributed by atoms with van der Waals surface area (Å²) in [6, 6.07) is 6.12. The topological polar surface area (TPSA) is 15.6 Å². The van der Waals surface area contributed by atoms with Crippen molar-refractivity contribution in [3.8, 4) is 0 Å². The Balaban J connectivity index is 2.72. The molecule has 1 aliphatic heterocycles. The quantitative estimate of drug-likeness (QED) is 0.634. The van der Waals surface area contributed by atoms with Crippen LogP contribution in [0.4, 0.5) is 0 Å². The molecular formula is C9H9BrN2. The minimum atomic E-state index is 0.759. The zero-order valence-electron chi connectivity index (χ0n) is 6.79. The van der Waals surface area contributed by atoms with Gasteiger partial charge in [-0.05, 0) is 18.2 Å². The van der Waals surface area contributed by atoms with Crippen molar-refractivity contribution in [1.29, 1.82) is 0 Å². The maximum atomic E-state index is 4.39. The summed E-state index contributed by atoms with van der Waals surface area (Å²) in [5, 5.41) is 2.26. The third-order valence-corrected chi connectivity index (χ3v) is 2.31. The number of fused-ring (bicyclic) bond motifs is 1. The zero-order valence-corrected chi connectivity index (χ0v) is 8.37. The minimum absolute atomic E-state index is 0.759. The van der Waals surface area contributed by atoms with E-state index in [4.69, 9.17) is 0 Å². The summed E-state index contributed by atoms with van der Waals surface area (Å²) in [6.07, 6.45) is 2.10. The van der Waals surface area contributed by atoms with Gasteiger partial charge < -0.3 is 4.90 Å². The maximum absolute atomic E-state index is 4.39. The lowest BCUT2D eigenvalue weighted by molar-refractivity contribution is 0.498. The molecule has 0 fully saturated rings. The molecule has 62 valence electrons. The van der Waals surface area contributed by atoms with Crippen LogP contribution < -0.4 is 10.6 Å². The van der Waals surface area contributed by atoms with Crippen LogP contribution in [0.3, 0.4) is 0 Å². The first-order chi connectivity index (χ1) is 5.75. The number of hydrogen-bond acceptors (Lipinski definition) is 2. The Morgan fingerprint density at radius 3 is 3.17 bits per heavy atom. The Kier molecular flexibility index (Phi) is 1.89. The molecule has 1 aromatic carbocycles. The molecule has 0 amide bonds. The fourth-order valence-corrected chi connectivity index (χ4v) is 1.62. The average Bonchev–Trinajstić information content (AvgIpc) is 2.03. The van der Waals surface area contributed by atoms with Crippen molar-refractivity contribution in [2.45, 2.75) is 0 Å². The first kappa shape index (κ1) is 7.80. The number of halogens is 1. The van der Waals surface area contributed by atoms with Crippen LogP contribution in [-0.4, -0.2) is 18.6 Å². The normalized spacial score (nSPS) is 14.7. The lowest BCUT2D eigenvalue weighted by atomic mass is 10.3. The van der Waals surface area contributed by atoms with Crippen LogP contribution in [0, 0.1) is 0 Å². The highest BCUT2D eigenvalue weighted by Crippen LogP contribution is 2.02. The van der Waals surface area contributed by atoms with Gasteiger partial charge in [-0.25, -0.2) is 0 Å². The van der Waals surface area contributed by atoms with Crippen LogP contribution in [0.15, 0.2) is 27.7 Å². The largest absolute Gasteiger partial charge is 0.361 e. The number of benzene rings is 1. The van der Waals surface area contributed by atoms with Gasteiger partial charge >= 0.3 is 0 Å². The molecule has 0 aromatic heterocycles. The molecule has 0 radical (unpaired) electrons. The van der Waals surface area contributed by atoms with Gasteiger partial charge in [0, 0.05) is 22.9 Å². The summed E-state index contributed by atoms with van der Waals surface area (Å²) in [5.74, 6) is 0. The second kappa shape index (κ2) is 2.90. The van der Waals surface area contributed by atoms with Crippen molar-refractivity contribution in [2.75, 3.05) is 13.7 Å². The Morgan fingerprint density at radius 2 is 2.33 bits per heavy atom. The Morgan fingerprint density at radius 1 is 1.50 bits per heavy atom. The summed E-state index contributed by atoms with van der Waals surface area (Å²) < 4.78 is 1.10. The second-order valence-corrected chi connectivity index (χ2v) is 3.80. The summed E-state index contributed by atoms with van der Waals surface area (Å²) in [7, 11) is 2.02. The van der Waals surface area contributed by atoms with Crippen LogP contribution in [-0.2, 0) is 0 Å². The van der Waals surface area contributed by atoms with E-state index in [2.05, 4.69) is 38.1 Å². The molecule has 2 rings (SSSR count). The van der Waals surface area contributed by atoms with E-state index in [9.17, 15) is 0 Å². The molecule has 0 atom stereocenters. The van der Waals surface area contributed by atoms with Crippen molar-refractivity contribution in [1.82, 2.24) is 4.90 Å². The lowest BCUT2D eigenvalue weighted by Crippen LogP contribution is -2.34. The van der Waals surface area contributed by atoms with E-state index in [1.165, 1.54) is 5.22 Å². The van der Waals surface area contributed by atoms with Gasteiger partial charge in [0.25, 0.3) is 0 Å². The van der Waals surface area contributed by atoms with Crippen LogP contribution in [0.5, 0.6) is 0 Å². The van der Waals surface area contributed by atoms with Crippen molar-refractivity contribution in [3.63, 3.8) is 0 Å². The fourth-order valence-electron chi connectivity index (χ4n) is 1.24. The number of hydrogen-bond donors (Lipinski definition) is 0. The van der Waals surface area contributed by atoms with E-state index in [1.807, 2.05) is 19.2 Å². The molecule has 1 aliphatic rings. The molecule has 0 saturated carbocycles. The second-order valence-electron chi connectivity index (χ2n) is 2.89. The third kappa shape index (κ3) is 1.37. The van der Waals surface area contributed by atoms with Crippen LogP contribution >= 0.6 is 15.9 Å². The molecule has 0 saturated heterocycles. The summed E-state index contributed by atoms with van der Waals surface area (Å²) >= 11 is 3.43. The molecule has 0 spiro atoms. The SMILES string of the molecule is CN1C=c2cc(Br)ccc2=NC1. The predicted octanol–water partition coefficient (Wildman–Crippen LogP) is 0.710. The molecule has 1 heterocycles. The number of nitrogens with zero attached hydrogens (tertiary/aromatic N) is 2. The minimum Gasteiger partial charge on any atom is -0.361 e. The zero-order chi connectivity index (χ0) is 8.55. The summed E-state index contributed by atoms with van der Waals surface area (Å²) in [4.78, 5) is 6.45. The van der Waals surface area contributed by atoms with Crippen LogP contribution in [0.1, 0.15) is 0 Å². The molecule has 1 aromatic rings. The summed E-state index contributed by atoms with van der Waals surface area (Å²) in [6.45, 7) is 0.759. The monoisotopic (exact) mass is 224 g/mol. The van der Waals surface area contributed by atoms with E-state index < -0.39 is 0 Å². The lowest BCUT2D eigenvalue weighted by Gasteiger charge is -2.13. The standard InChI is InChI=1S/C9H9BrN2/c1-12-5-7-4-8(10)2-3-9(7)11-6-12/h2-5H,6H2,1H3. The Hall–Kier alpha value is -0.830. The van der Waals surface area contributed by atoms with Gasteiger partial charge in [0.2, 0.25) is 0 Å². The van der Waals surface area contributed by atoms with Crippen molar-refractivity contribution < 1.29 is 0 Å². The van der Waals surface area contributed by atoms with E-state index in [0.717, 1.165) is 16.5 Å². The molecule has 0 bridgehead atoms. The molecule has 12 heavy (non-hydrogen) atoms. The van der Waals surface area contributed by atoms with Gasteiger partial charge in [0.05, 0.1) is 5.36 Å². The first-order valence-electron chi connectivity index (χ1n) is 3.78. The third-order valence-electron chi connectivity index (χ3n) is 1.81. The van der Waals surface area contributed by atoms with E-state index >= 15 is 0 Å². The smallest absolute Gasteiger partial charge is 0.110 e. The highest BCUT2D eigenvalue weighted by Gasteiger charge is 1.97. The van der Waals surface area contributed by atoms with Crippen molar-refractivity contribution in [2.24, 2.45) is 4.99 Å². The Labute approximate surface area is 79.4 Å². The van der Waals surface area contributed by atoms with E-state index in [0.29, 0.717) is 0 Å². The highest BCUT2D eigenvalue weighted by molar-refractivity contribution is 9.10. The van der Waals surface area contributed by atoms with Crippen LogP contribution in [0.25, 0.3) is 6.20 Å². The first-order valence-corrected chi connectivity index (χ1v) is 4.57. The summed E-state index contributed by atoms with van der Waals surface area (Å²) in [5.41, 5.74) is 0. The average molecular weight is 225 g/mol. The molecule has 0 aliphatic carbocycles. The molecule has 2 nitrogen and oxygen atoms in total. The van der Waals surface area contributed by atoms with Gasteiger partial charge in [-0.3, -0.25) is 4.99 Å². The molecule has 0 N–H and O–H groups in total. The maximum Gasteiger partial charge on any atom is 0.110 e. The fraction of sp³-hybridized carbons (Fsp3) is 0.222. The van der Waals surface area contributed by atoms with Crippen LogP contribution in [0.2, 0.25) is 0 Å². The van der Waals surface area contributed by atoms with Crippen molar-refractivity contribution >= 4 is 22.1 Å². The molecule has 0 unspecified atom stereocenters.